The molecule has 30 heavy (non-hydrogen) atoms. The summed E-state index contributed by atoms with van der Waals surface area (Å²) in [5, 5.41) is 0.519. The molecular weight excluding hydrogens is 416 g/mol. The molecule has 0 radical (unpaired) electrons. The van der Waals surface area contributed by atoms with Gasteiger partial charge in [0.25, 0.3) is 11.5 Å². The number of para-hydroxylation sites is 1. The van der Waals surface area contributed by atoms with Crippen LogP contribution in [-0.2, 0) is 0 Å². The highest BCUT2D eigenvalue weighted by Gasteiger charge is 2.15. The Hall–Kier alpha value is -3.49. The van der Waals surface area contributed by atoms with Gasteiger partial charge in [0.2, 0.25) is 0 Å². The molecule has 3 aromatic carbocycles. The van der Waals surface area contributed by atoms with E-state index in [2.05, 4.69) is 23.5 Å². The van der Waals surface area contributed by atoms with Gasteiger partial charge in [0.05, 0.1) is 16.6 Å². The van der Waals surface area contributed by atoms with Gasteiger partial charge in [-0.25, -0.2) is 4.98 Å². The number of hydrogen-bond donors (Lipinski definition) is 3. The van der Waals surface area contributed by atoms with E-state index in [-0.39, 0.29) is 15.8 Å². The fourth-order valence-electron chi connectivity index (χ4n) is 3.10. The van der Waals surface area contributed by atoms with Gasteiger partial charge in [0.1, 0.15) is 10.1 Å². The molecule has 0 atom stereocenters. The van der Waals surface area contributed by atoms with Gasteiger partial charge in [-0.1, -0.05) is 54.7 Å². The first-order chi connectivity index (χ1) is 14.5. The lowest BCUT2D eigenvalue weighted by Gasteiger charge is -2.14. The maximum atomic E-state index is 13.3. The van der Waals surface area contributed by atoms with E-state index in [0.717, 1.165) is 5.56 Å². The van der Waals surface area contributed by atoms with Gasteiger partial charge in [-0.2, -0.15) is 0 Å². The number of hydrazine groups is 1. The monoisotopic (exact) mass is 432 g/mol. The Kier molecular flexibility index (Phi) is 5.60. The van der Waals surface area contributed by atoms with Crippen LogP contribution in [0.25, 0.3) is 28.0 Å². The molecule has 4 rings (SSSR count). The fourth-order valence-corrected chi connectivity index (χ4v) is 3.20. The molecular formula is C22H16N4O2S2. The topological polar surface area (TPSA) is 76.0 Å². The van der Waals surface area contributed by atoms with E-state index in [0.29, 0.717) is 28.0 Å². The van der Waals surface area contributed by atoms with Crippen LogP contribution in [0.3, 0.4) is 0 Å². The zero-order chi connectivity index (χ0) is 21.1. The summed E-state index contributed by atoms with van der Waals surface area (Å²) in [5.41, 5.74) is 7.19. The second-order valence-corrected chi connectivity index (χ2v) is 7.55. The number of amides is 1. The minimum Gasteiger partial charge on any atom is -0.283 e. The summed E-state index contributed by atoms with van der Waals surface area (Å²) in [6, 6.07) is 23.4. The number of carbonyl (C=O) groups is 1. The maximum Gasteiger partial charge on any atom is 0.269 e. The van der Waals surface area contributed by atoms with E-state index in [4.69, 9.17) is 17.2 Å². The van der Waals surface area contributed by atoms with Crippen LogP contribution in [0, 0.1) is 0 Å². The Morgan fingerprint density at radius 3 is 2.27 bits per heavy atom. The molecule has 0 fully saturated rings. The van der Waals surface area contributed by atoms with Gasteiger partial charge >= 0.3 is 0 Å². The molecule has 0 unspecified atom stereocenters. The first-order valence-electron chi connectivity index (χ1n) is 9.01. The number of aromatic nitrogens is 2. The number of thiol groups is 1. The van der Waals surface area contributed by atoms with E-state index in [9.17, 15) is 9.59 Å². The third-order valence-electron chi connectivity index (χ3n) is 4.48. The Labute approximate surface area is 183 Å². The minimum atomic E-state index is -0.370. The maximum absolute atomic E-state index is 13.3. The van der Waals surface area contributed by atoms with Crippen molar-refractivity contribution in [1.29, 1.82) is 0 Å². The van der Waals surface area contributed by atoms with Gasteiger partial charge in [0.15, 0.2) is 0 Å². The van der Waals surface area contributed by atoms with E-state index < -0.39 is 0 Å². The van der Waals surface area contributed by atoms with Gasteiger partial charge in [0, 0.05) is 11.1 Å². The van der Waals surface area contributed by atoms with Crippen LogP contribution < -0.4 is 16.4 Å². The Morgan fingerprint density at radius 1 is 0.900 bits per heavy atom. The van der Waals surface area contributed by atoms with E-state index in [1.165, 1.54) is 0 Å². The van der Waals surface area contributed by atoms with Crippen molar-refractivity contribution >= 4 is 46.0 Å². The van der Waals surface area contributed by atoms with Crippen LogP contribution in [0.5, 0.6) is 0 Å². The summed E-state index contributed by atoms with van der Waals surface area (Å²) in [7, 11) is 0. The van der Waals surface area contributed by atoms with E-state index >= 15 is 0 Å². The predicted octanol–water partition coefficient (Wildman–Crippen LogP) is 3.50. The summed E-state index contributed by atoms with van der Waals surface area (Å²) in [6.07, 6.45) is 0. The summed E-state index contributed by atoms with van der Waals surface area (Å²) in [6.45, 7) is 0. The first kappa shape index (κ1) is 19.8. The average Bonchev–Trinajstić information content (AvgIpc) is 2.78. The number of benzene rings is 3. The van der Waals surface area contributed by atoms with Crippen LogP contribution >= 0.6 is 24.8 Å². The van der Waals surface area contributed by atoms with Crippen LogP contribution in [0.2, 0.25) is 0 Å². The summed E-state index contributed by atoms with van der Waals surface area (Å²) < 4.78 is 1.71. The van der Waals surface area contributed by atoms with Crippen molar-refractivity contribution in [3.8, 4) is 17.1 Å². The number of nitrogens with one attached hydrogen (secondary N) is 2. The average molecular weight is 433 g/mol. The molecule has 0 aliphatic heterocycles. The highest BCUT2D eigenvalue weighted by molar-refractivity contribution is 8.11. The van der Waals surface area contributed by atoms with E-state index in [1.807, 2.05) is 48.5 Å². The quantitative estimate of drug-likeness (QED) is 0.262. The minimum absolute atomic E-state index is 0.154. The summed E-state index contributed by atoms with van der Waals surface area (Å²) in [5.74, 6) is 0.156. The van der Waals surface area contributed by atoms with Gasteiger partial charge in [-0.3, -0.25) is 25.0 Å². The molecule has 1 heterocycles. The van der Waals surface area contributed by atoms with Crippen molar-refractivity contribution in [2.75, 3.05) is 0 Å². The molecule has 8 heteroatoms. The zero-order valence-corrected chi connectivity index (χ0v) is 17.3. The summed E-state index contributed by atoms with van der Waals surface area (Å²) >= 11 is 8.65. The number of thiocarbonyl (C=S) groups is 1. The van der Waals surface area contributed by atoms with Crippen molar-refractivity contribution in [3.63, 3.8) is 0 Å². The molecule has 0 bridgehead atoms. The Balaban J connectivity index is 1.84. The van der Waals surface area contributed by atoms with Gasteiger partial charge in [-0.05, 0) is 36.4 Å². The Bertz CT molecular complexity index is 1300. The molecule has 1 amide bonds. The molecule has 0 aliphatic rings. The molecule has 0 saturated carbocycles. The van der Waals surface area contributed by atoms with Gasteiger partial charge in [-0.15, -0.1) is 12.6 Å². The number of hydrogen-bond acceptors (Lipinski definition) is 4. The lowest BCUT2D eigenvalue weighted by atomic mass is 10.1. The van der Waals surface area contributed by atoms with Crippen LogP contribution in [0.1, 0.15) is 10.4 Å². The molecule has 0 spiro atoms. The highest BCUT2D eigenvalue weighted by atomic mass is 32.1. The SMILES string of the molecule is O=C(NNC(=S)S)c1ccc(-n2c(-c3ccccc3)nc3ccccc3c2=O)cc1. The third-order valence-corrected chi connectivity index (χ3v) is 4.69. The standard InChI is InChI=1S/C22H16N4O2S2/c27-20(24-25-22(29)30)15-10-12-16(13-11-15)26-19(14-6-2-1-3-7-14)23-18-9-5-4-8-17(18)21(26)28/h1-13H,(H,24,27)(H2,25,29,30). The first-order valence-corrected chi connectivity index (χ1v) is 9.87. The van der Waals surface area contributed by atoms with Crippen LogP contribution in [0.4, 0.5) is 0 Å². The second kappa shape index (κ2) is 8.48. The number of nitrogens with zero attached hydrogens (tertiary/aromatic N) is 2. The van der Waals surface area contributed by atoms with Crippen LogP contribution in [0.15, 0.2) is 83.7 Å². The largest absolute Gasteiger partial charge is 0.283 e. The van der Waals surface area contributed by atoms with Crippen molar-refractivity contribution in [1.82, 2.24) is 20.4 Å². The van der Waals surface area contributed by atoms with Crippen LogP contribution in [-0.4, -0.2) is 19.8 Å². The van der Waals surface area contributed by atoms with Crippen molar-refractivity contribution < 1.29 is 4.79 Å². The zero-order valence-electron chi connectivity index (χ0n) is 15.6. The molecule has 1 aromatic heterocycles. The van der Waals surface area contributed by atoms with Crippen molar-refractivity contribution in [2.24, 2.45) is 0 Å². The van der Waals surface area contributed by atoms with E-state index in [1.54, 1.807) is 34.9 Å². The molecule has 0 aliphatic carbocycles. The van der Waals surface area contributed by atoms with Crippen molar-refractivity contribution in [3.05, 3.63) is 94.8 Å². The molecule has 4 aromatic rings. The molecule has 2 N–H and O–H groups in total. The summed E-state index contributed by atoms with van der Waals surface area (Å²) in [4.78, 5) is 30.2. The van der Waals surface area contributed by atoms with Crippen molar-refractivity contribution in [2.45, 2.75) is 0 Å². The molecule has 148 valence electrons. The normalized spacial score (nSPS) is 10.6. The number of rotatable bonds is 3. The predicted molar refractivity (Wildman–Crippen MR) is 125 cm³/mol. The number of carbonyl (C=O) groups excluding carboxylic acids is 1. The number of fused-ring (bicyclic) bond motifs is 1. The second-order valence-electron chi connectivity index (χ2n) is 6.39. The lowest BCUT2D eigenvalue weighted by molar-refractivity contribution is 0.0944. The molecule has 0 saturated heterocycles. The fraction of sp³-hybridized carbons (Fsp3) is 0. The Morgan fingerprint density at radius 2 is 1.57 bits per heavy atom. The lowest BCUT2D eigenvalue weighted by Crippen LogP contribution is -2.38. The molecule has 6 nitrogen and oxygen atoms in total. The highest BCUT2D eigenvalue weighted by Crippen LogP contribution is 2.22. The van der Waals surface area contributed by atoms with Gasteiger partial charge < -0.3 is 0 Å². The smallest absolute Gasteiger partial charge is 0.269 e. The third kappa shape index (κ3) is 3.96.